The molecule has 0 radical (unpaired) electrons. The van der Waals surface area contributed by atoms with Crippen LogP contribution in [0.25, 0.3) is 22.6 Å². The van der Waals surface area contributed by atoms with Crippen LogP contribution in [-0.4, -0.2) is 30.6 Å². The summed E-state index contributed by atoms with van der Waals surface area (Å²) in [6, 6.07) is 24.4. The molecule has 0 aliphatic rings. The summed E-state index contributed by atoms with van der Waals surface area (Å²) in [7, 11) is 0. The van der Waals surface area contributed by atoms with Crippen molar-refractivity contribution < 1.29 is 14.6 Å². The molecular formula is C27H22N4O3. The van der Waals surface area contributed by atoms with E-state index in [2.05, 4.69) is 10.2 Å². The summed E-state index contributed by atoms with van der Waals surface area (Å²) >= 11 is 0. The number of aromatic nitrogens is 4. The molecule has 5 aromatic rings. The van der Waals surface area contributed by atoms with E-state index in [-0.39, 0.29) is 5.56 Å². The van der Waals surface area contributed by atoms with E-state index in [0.717, 1.165) is 33.9 Å². The molecule has 0 unspecified atom stereocenters. The predicted octanol–water partition coefficient (Wildman–Crippen LogP) is 5.83. The van der Waals surface area contributed by atoms with Crippen LogP contribution in [0.1, 0.15) is 21.6 Å². The number of ether oxygens (including phenoxy) is 1. The molecule has 2 aromatic heterocycles. The number of carbonyl (C=O) groups is 1. The largest absolute Gasteiger partial charge is 0.478 e. The summed E-state index contributed by atoms with van der Waals surface area (Å²) in [6.45, 7) is 3.83. The fourth-order valence-electron chi connectivity index (χ4n) is 3.70. The Labute approximate surface area is 196 Å². The normalized spacial score (nSPS) is 10.9. The molecule has 0 aliphatic heterocycles. The number of aryl methyl sites for hydroxylation is 2. The zero-order chi connectivity index (χ0) is 23.7. The van der Waals surface area contributed by atoms with Crippen molar-refractivity contribution in [2.24, 2.45) is 0 Å². The number of nitrogens with zero attached hydrogens (tertiary/aromatic N) is 4. The minimum Gasteiger partial charge on any atom is -0.478 e. The minimum atomic E-state index is -0.953. The Balaban J connectivity index is 1.30. The van der Waals surface area contributed by atoms with Gasteiger partial charge in [0.2, 0.25) is 0 Å². The van der Waals surface area contributed by atoms with Crippen LogP contribution < -0.4 is 4.74 Å². The molecule has 3 aromatic carbocycles. The third-order valence-electron chi connectivity index (χ3n) is 5.37. The summed E-state index contributed by atoms with van der Waals surface area (Å²) in [6.07, 6.45) is 3.78. The van der Waals surface area contributed by atoms with Crippen LogP contribution in [0, 0.1) is 13.8 Å². The van der Waals surface area contributed by atoms with E-state index >= 15 is 0 Å². The molecule has 0 atom stereocenters. The predicted molar refractivity (Wildman–Crippen MR) is 129 cm³/mol. The second-order valence-electron chi connectivity index (χ2n) is 8.03. The molecule has 0 saturated carbocycles. The number of hydrogen-bond donors (Lipinski definition) is 1. The highest BCUT2D eigenvalue weighted by Crippen LogP contribution is 2.25. The lowest BCUT2D eigenvalue weighted by atomic mass is 10.0. The van der Waals surface area contributed by atoms with Crippen LogP contribution >= 0.6 is 0 Å². The molecule has 1 N–H and O–H groups in total. The molecule has 0 aliphatic carbocycles. The molecule has 34 heavy (non-hydrogen) atoms. The summed E-state index contributed by atoms with van der Waals surface area (Å²) < 4.78 is 9.55. The van der Waals surface area contributed by atoms with Gasteiger partial charge in [0.15, 0.2) is 0 Å². The van der Waals surface area contributed by atoms with Gasteiger partial charge in [0, 0.05) is 18.0 Å². The highest BCUT2D eigenvalue weighted by atomic mass is 16.5. The lowest BCUT2D eigenvalue weighted by Gasteiger charge is -2.08. The Morgan fingerprint density at radius 2 is 1.35 bits per heavy atom. The van der Waals surface area contributed by atoms with Gasteiger partial charge in [0.25, 0.3) is 0 Å². The van der Waals surface area contributed by atoms with Gasteiger partial charge in [0.1, 0.15) is 11.5 Å². The van der Waals surface area contributed by atoms with Crippen LogP contribution in [0.4, 0.5) is 0 Å². The molecule has 0 saturated heterocycles. The molecule has 0 spiro atoms. The van der Waals surface area contributed by atoms with Gasteiger partial charge in [-0.1, -0.05) is 0 Å². The SMILES string of the molecule is Cc1cc(C(=O)O)cc(-c2ccn(-c3ccc(Oc4ccc(-n5ccc(C)n5)cc4)cc3)n2)c1. The molecule has 7 heteroatoms. The molecule has 7 nitrogen and oxygen atoms in total. The third-order valence-corrected chi connectivity index (χ3v) is 5.37. The van der Waals surface area contributed by atoms with Crippen molar-refractivity contribution in [3.05, 3.63) is 108 Å². The molecular weight excluding hydrogens is 428 g/mol. The topological polar surface area (TPSA) is 82.2 Å². The molecule has 0 fully saturated rings. The first-order chi connectivity index (χ1) is 16.4. The van der Waals surface area contributed by atoms with Crippen LogP contribution in [0.3, 0.4) is 0 Å². The average Bonchev–Trinajstić information content (AvgIpc) is 3.49. The van der Waals surface area contributed by atoms with Gasteiger partial charge in [-0.05, 0) is 98.3 Å². The quantitative estimate of drug-likeness (QED) is 0.352. The molecule has 5 rings (SSSR count). The summed E-state index contributed by atoms with van der Waals surface area (Å²) in [5.41, 5.74) is 5.40. The molecule has 0 amide bonds. The van der Waals surface area contributed by atoms with Crippen molar-refractivity contribution in [3.63, 3.8) is 0 Å². The molecule has 0 bridgehead atoms. The standard InChI is InChI=1S/C27H22N4O3/c1-18-15-20(17-21(16-18)27(32)33)26-12-14-31(29-26)23-5-9-25(10-6-23)34-24-7-3-22(4-8-24)30-13-11-19(2)28-30/h3-17H,1-2H3,(H,32,33). The lowest BCUT2D eigenvalue weighted by Crippen LogP contribution is -1.98. The average molecular weight is 450 g/mol. The first kappa shape index (κ1) is 21.2. The van der Waals surface area contributed by atoms with E-state index in [1.807, 2.05) is 97.7 Å². The van der Waals surface area contributed by atoms with E-state index < -0.39 is 5.97 Å². The van der Waals surface area contributed by atoms with Crippen molar-refractivity contribution in [1.82, 2.24) is 19.6 Å². The number of carboxylic acid groups (broad SMARTS) is 1. The van der Waals surface area contributed by atoms with E-state index in [9.17, 15) is 9.90 Å². The maximum absolute atomic E-state index is 11.4. The van der Waals surface area contributed by atoms with Crippen LogP contribution in [0.2, 0.25) is 0 Å². The van der Waals surface area contributed by atoms with Crippen molar-refractivity contribution in [3.8, 4) is 34.1 Å². The maximum Gasteiger partial charge on any atom is 0.335 e. The second kappa shape index (κ2) is 8.71. The van der Waals surface area contributed by atoms with Crippen molar-refractivity contribution >= 4 is 5.97 Å². The minimum absolute atomic E-state index is 0.249. The summed E-state index contributed by atoms with van der Waals surface area (Å²) in [5, 5.41) is 18.4. The fraction of sp³-hybridized carbons (Fsp3) is 0.0741. The molecule has 168 valence electrons. The monoisotopic (exact) mass is 450 g/mol. The maximum atomic E-state index is 11.4. The number of carboxylic acids is 1. The van der Waals surface area contributed by atoms with E-state index in [4.69, 9.17) is 4.74 Å². The van der Waals surface area contributed by atoms with Gasteiger partial charge in [-0.3, -0.25) is 0 Å². The van der Waals surface area contributed by atoms with Crippen molar-refractivity contribution in [2.45, 2.75) is 13.8 Å². The van der Waals surface area contributed by atoms with E-state index in [1.54, 1.807) is 16.8 Å². The Hall–Kier alpha value is -4.65. The number of aromatic carboxylic acids is 1. The zero-order valence-corrected chi connectivity index (χ0v) is 18.7. The Morgan fingerprint density at radius 3 is 1.91 bits per heavy atom. The zero-order valence-electron chi connectivity index (χ0n) is 18.7. The smallest absolute Gasteiger partial charge is 0.335 e. The van der Waals surface area contributed by atoms with E-state index in [0.29, 0.717) is 11.4 Å². The van der Waals surface area contributed by atoms with Crippen molar-refractivity contribution in [1.29, 1.82) is 0 Å². The first-order valence-electron chi connectivity index (χ1n) is 10.8. The summed E-state index contributed by atoms with van der Waals surface area (Å²) in [4.78, 5) is 11.4. The van der Waals surface area contributed by atoms with Crippen molar-refractivity contribution in [2.75, 3.05) is 0 Å². The number of rotatable bonds is 6. The van der Waals surface area contributed by atoms with Gasteiger partial charge in [0.05, 0.1) is 28.3 Å². The highest BCUT2D eigenvalue weighted by molar-refractivity contribution is 5.89. The van der Waals surface area contributed by atoms with Gasteiger partial charge < -0.3 is 9.84 Å². The summed E-state index contributed by atoms with van der Waals surface area (Å²) in [5.74, 6) is 0.491. The van der Waals surface area contributed by atoms with Gasteiger partial charge in [-0.2, -0.15) is 10.2 Å². The Morgan fingerprint density at radius 1 is 0.765 bits per heavy atom. The highest BCUT2D eigenvalue weighted by Gasteiger charge is 2.10. The lowest BCUT2D eigenvalue weighted by molar-refractivity contribution is 0.0697. The van der Waals surface area contributed by atoms with Gasteiger partial charge >= 0.3 is 5.97 Å². The number of benzene rings is 3. The molecule has 2 heterocycles. The van der Waals surface area contributed by atoms with Gasteiger partial charge in [-0.25, -0.2) is 14.2 Å². The van der Waals surface area contributed by atoms with Crippen LogP contribution in [0.5, 0.6) is 11.5 Å². The van der Waals surface area contributed by atoms with Crippen LogP contribution in [0.15, 0.2) is 91.3 Å². The first-order valence-corrected chi connectivity index (χ1v) is 10.8. The fourth-order valence-corrected chi connectivity index (χ4v) is 3.70. The third kappa shape index (κ3) is 4.45. The Bertz CT molecular complexity index is 1460. The van der Waals surface area contributed by atoms with Gasteiger partial charge in [-0.15, -0.1) is 0 Å². The van der Waals surface area contributed by atoms with Crippen LogP contribution in [-0.2, 0) is 0 Å². The van der Waals surface area contributed by atoms with E-state index in [1.165, 1.54) is 0 Å². The Kier molecular flexibility index (Phi) is 5.43. The number of hydrogen-bond acceptors (Lipinski definition) is 4. The second-order valence-corrected chi connectivity index (χ2v) is 8.03.